The minimum absolute atomic E-state index is 0.104. The van der Waals surface area contributed by atoms with Crippen molar-refractivity contribution >= 4 is 39.5 Å². The maximum absolute atomic E-state index is 12.9. The Bertz CT molecular complexity index is 1450. The van der Waals surface area contributed by atoms with Crippen molar-refractivity contribution in [3.63, 3.8) is 0 Å². The molecule has 0 aromatic heterocycles. The first-order valence-electron chi connectivity index (χ1n) is 29.3. The summed E-state index contributed by atoms with van der Waals surface area (Å²) in [7, 11) is -9.85. The van der Waals surface area contributed by atoms with Crippen LogP contribution in [0.4, 0.5) is 0 Å². The van der Waals surface area contributed by atoms with Crippen molar-refractivity contribution in [1.82, 2.24) is 0 Å². The molecule has 17 nitrogen and oxygen atoms in total. The molecular weight excluding hydrogens is 995 g/mol. The topological polar surface area (TPSA) is 237 Å². The number of hydrogen-bond donors (Lipinski definition) is 3. The number of esters is 4. The summed E-state index contributed by atoms with van der Waals surface area (Å²) in [5.74, 6) is -2.15. The van der Waals surface area contributed by atoms with E-state index < -0.39 is 97.5 Å². The molecule has 0 saturated carbocycles. The van der Waals surface area contributed by atoms with Gasteiger partial charge in [-0.05, 0) is 25.7 Å². The maximum atomic E-state index is 12.9. The van der Waals surface area contributed by atoms with E-state index in [0.717, 1.165) is 109 Å². The number of unbranched alkanes of at least 4 members (excludes halogenated alkanes) is 30. The Balaban J connectivity index is 5.18. The summed E-state index contributed by atoms with van der Waals surface area (Å²) in [4.78, 5) is 71.5. The van der Waals surface area contributed by atoms with Crippen LogP contribution in [0, 0.1) is 0 Å². The first-order chi connectivity index (χ1) is 35.7. The van der Waals surface area contributed by atoms with Gasteiger partial charge in [0.05, 0.1) is 26.4 Å². The Morgan fingerprint density at radius 3 is 0.797 bits per heavy atom. The quantitative estimate of drug-likeness (QED) is 0.0222. The molecule has 0 aliphatic heterocycles. The van der Waals surface area contributed by atoms with Crippen molar-refractivity contribution < 1.29 is 80.2 Å². The first kappa shape index (κ1) is 72.1. The third-order valence-corrected chi connectivity index (χ3v) is 14.5. The monoisotopic (exact) mass is 1100 g/mol. The van der Waals surface area contributed by atoms with Gasteiger partial charge in [0.2, 0.25) is 0 Å². The number of phosphoric acid groups is 2. The lowest BCUT2D eigenvalue weighted by molar-refractivity contribution is -0.161. The van der Waals surface area contributed by atoms with Crippen molar-refractivity contribution in [3.8, 4) is 0 Å². The second-order valence-electron chi connectivity index (χ2n) is 20.0. The van der Waals surface area contributed by atoms with E-state index in [9.17, 15) is 43.2 Å². The average molecular weight is 1100 g/mol. The van der Waals surface area contributed by atoms with Crippen LogP contribution >= 0.6 is 15.6 Å². The number of phosphoric ester groups is 2. The molecule has 0 aliphatic carbocycles. The lowest BCUT2D eigenvalue weighted by Crippen LogP contribution is -2.30. The van der Waals surface area contributed by atoms with Gasteiger partial charge in [-0.15, -0.1) is 0 Å². The number of aliphatic hydroxyl groups is 1. The molecule has 0 aromatic carbocycles. The molecule has 0 radical (unpaired) electrons. The summed E-state index contributed by atoms with van der Waals surface area (Å²) in [5, 5.41) is 10.5. The van der Waals surface area contributed by atoms with Crippen LogP contribution in [0.25, 0.3) is 0 Å². The van der Waals surface area contributed by atoms with Crippen LogP contribution in [-0.4, -0.2) is 96.7 Å². The number of ether oxygens (including phenoxy) is 4. The number of carbonyl (C=O) groups is 4. The summed E-state index contributed by atoms with van der Waals surface area (Å²) in [6.45, 7) is 4.73. The molecule has 0 fully saturated rings. The van der Waals surface area contributed by atoms with Crippen LogP contribution in [0.15, 0.2) is 0 Å². The maximum Gasteiger partial charge on any atom is 0.472 e. The van der Waals surface area contributed by atoms with E-state index in [1.54, 1.807) is 0 Å². The van der Waals surface area contributed by atoms with Crippen molar-refractivity contribution in [2.75, 3.05) is 39.6 Å². The first-order valence-corrected chi connectivity index (χ1v) is 32.3. The molecule has 74 heavy (non-hydrogen) atoms. The summed E-state index contributed by atoms with van der Waals surface area (Å²) in [6.07, 6.45) is 32.2. The summed E-state index contributed by atoms with van der Waals surface area (Å²) < 4.78 is 67.4. The SMILES string of the molecule is CCCCCCCCCCCCC(=O)OC[C@H](COP(=O)(O)OC[C@H](O)COP(=O)(O)OC[C@@H](COC(=O)CCCCCCCCCC)OC(=O)CCCCCCCCCCC)OC(=O)CCCCCCCCC. The highest BCUT2D eigenvalue weighted by Crippen LogP contribution is 2.45. The van der Waals surface area contributed by atoms with Gasteiger partial charge in [-0.25, -0.2) is 9.13 Å². The van der Waals surface area contributed by atoms with Gasteiger partial charge in [-0.1, -0.05) is 220 Å². The van der Waals surface area contributed by atoms with Crippen LogP contribution in [0.2, 0.25) is 0 Å². The minimum atomic E-state index is -4.93. The highest BCUT2D eigenvalue weighted by Gasteiger charge is 2.30. The number of rotatable bonds is 56. The number of carbonyl (C=O) groups excluding carboxylic acids is 4. The van der Waals surface area contributed by atoms with Gasteiger partial charge in [-0.2, -0.15) is 0 Å². The second kappa shape index (κ2) is 50.6. The molecule has 0 amide bonds. The fourth-order valence-corrected chi connectivity index (χ4v) is 9.62. The van der Waals surface area contributed by atoms with Gasteiger partial charge in [0.1, 0.15) is 19.3 Å². The third kappa shape index (κ3) is 49.6. The molecule has 0 aliphatic rings. The molecule has 2 unspecified atom stereocenters. The minimum Gasteiger partial charge on any atom is -0.462 e. The molecule has 438 valence electrons. The number of aliphatic hydroxyl groups excluding tert-OH is 1. The zero-order chi connectivity index (χ0) is 54.8. The predicted octanol–water partition coefficient (Wildman–Crippen LogP) is 14.4. The van der Waals surface area contributed by atoms with Crippen LogP contribution in [-0.2, 0) is 65.4 Å². The van der Waals surface area contributed by atoms with Gasteiger partial charge < -0.3 is 33.8 Å². The molecule has 3 N–H and O–H groups in total. The lowest BCUT2D eigenvalue weighted by Gasteiger charge is -2.21. The Hall–Kier alpha value is -1.94. The molecule has 0 saturated heterocycles. The second-order valence-corrected chi connectivity index (χ2v) is 22.9. The Morgan fingerprint density at radius 2 is 0.541 bits per heavy atom. The smallest absolute Gasteiger partial charge is 0.462 e. The standard InChI is InChI=1S/C55H106O17P2/c1-5-9-13-17-21-24-26-29-32-36-40-53(58)66-45-50(71-54(59)41-37-33-27-20-16-12-8-4)47-69-73(61,62)67-43-49(56)44-68-74(63,64)70-48-51(46-65-52(57)39-35-31-28-23-19-15-11-7-3)72-55(60)42-38-34-30-25-22-18-14-10-6-2/h49-51,56H,5-48H2,1-4H3,(H,61,62)(H,63,64)/t49-,50+,51+/m0/s1. The Kier molecular flexibility index (Phi) is 49.2. The van der Waals surface area contributed by atoms with E-state index in [0.29, 0.717) is 25.7 Å². The van der Waals surface area contributed by atoms with Gasteiger partial charge in [0.15, 0.2) is 12.2 Å². The van der Waals surface area contributed by atoms with Crippen LogP contribution in [0.3, 0.4) is 0 Å². The highest BCUT2D eigenvalue weighted by atomic mass is 31.2. The lowest BCUT2D eigenvalue weighted by atomic mass is 10.1. The van der Waals surface area contributed by atoms with Crippen LogP contribution in [0.1, 0.15) is 272 Å². The van der Waals surface area contributed by atoms with Crippen molar-refractivity contribution in [2.24, 2.45) is 0 Å². The molecule has 0 aromatic rings. The normalized spacial score (nSPS) is 14.4. The summed E-state index contributed by atoms with van der Waals surface area (Å²) in [5.41, 5.74) is 0. The zero-order valence-corrected chi connectivity index (χ0v) is 48.6. The van der Waals surface area contributed by atoms with E-state index >= 15 is 0 Å². The van der Waals surface area contributed by atoms with Gasteiger partial charge in [0, 0.05) is 25.7 Å². The number of hydrogen-bond acceptors (Lipinski definition) is 15. The molecule has 0 spiro atoms. The van der Waals surface area contributed by atoms with Crippen LogP contribution < -0.4 is 0 Å². The Labute approximate surface area is 447 Å². The van der Waals surface area contributed by atoms with Gasteiger partial charge in [0.25, 0.3) is 0 Å². The van der Waals surface area contributed by atoms with Crippen LogP contribution in [0.5, 0.6) is 0 Å². The third-order valence-electron chi connectivity index (χ3n) is 12.6. The van der Waals surface area contributed by atoms with Crippen molar-refractivity contribution in [2.45, 2.75) is 290 Å². The molecule has 5 atom stereocenters. The average Bonchev–Trinajstić information content (AvgIpc) is 3.37. The van der Waals surface area contributed by atoms with E-state index in [1.807, 2.05) is 0 Å². The fraction of sp³-hybridized carbons (Fsp3) is 0.927. The molecular formula is C55H106O17P2. The van der Waals surface area contributed by atoms with Crippen molar-refractivity contribution in [1.29, 1.82) is 0 Å². The van der Waals surface area contributed by atoms with E-state index in [4.69, 9.17) is 37.0 Å². The zero-order valence-electron chi connectivity index (χ0n) is 46.8. The highest BCUT2D eigenvalue weighted by molar-refractivity contribution is 7.47. The van der Waals surface area contributed by atoms with Gasteiger partial charge >= 0.3 is 39.5 Å². The largest absolute Gasteiger partial charge is 0.472 e. The fourth-order valence-electron chi connectivity index (χ4n) is 8.04. The van der Waals surface area contributed by atoms with E-state index in [1.165, 1.54) is 83.5 Å². The van der Waals surface area contributed by atoms with Gasteiger partial charge in [-0.3, -0.25) is 37.3 Å². The van der Waals surface area contributed by atoms with E-state index in [-0.39, 0.29) is 25.7 Å². The summed E-state index contributed by atoms with van der Waals surface area (Å²) >= 11 is 0. The van der Waals surface area contributed by atoms with Crippen molar-refractivity contribution in [3.05, 3.63) is 0 Å². The van der Waals surface area contributed by atoms with E-state index in [2.05, 4.69) is 27.7 Å². The summed E-state index contributed by atoms with van der Waals surface area (Å²) in [6, 6.07) is 0. The molecule has 19 heteroatoms. The Morgan fingerprint density at radius 1 is 0.324 bits per heavy atom. The molecule has 0 rings (SSSR count). The molecule has 0 heterocycles. The molecule has 0 bridgehead atoms. The predicted molar refractivity (Wildman–Crippen MR) is 289 cm³/mol.